The van der Waals surface area contributed by atoms with Crippen molar-refractivity contribution >= 4 is 11.8 Å². The molecule has 21 heavy (non-hydrogen) atoms. The first-order valence-electron chi connectivity index (χ1n) is 7.55. The van der Waals surface area contributed by atoms with Crippen LogP contribution in [0, 0.1) is 0 Å². The van der Waals surface area contributed by atoms with Crippen LogP contribution in [0.1, 0.15) is 36.0 Å². The van der Waals surface area contributed by atoms with Crippen molar-refractivity contribution in [3.63, 3.8) is 0 Å². The van der Waals surface area contributed by atoms with Crippen LogP contribution in [0.3, 0.4) is 0 Å². The highest BCUT2D eigenvalue weighted by atomic mass is 16.2. The highest BCUT2D eigenvalue weighted by Crippen LogP contribution is 2.35. The Labute approximate surface area is 124 Å². The van der Waals surface area contributed by atoms with E-state index in [1.54, 1.807) is 23.3 Å². The van der Waals surface area contributed by atoms with Gasteiger partial charge >= 0.3 is 0 Å². The number of rotatable bonds is 3. The third kappa shape index (κ3) is 3.51. The zero-order valence-electron chi connectivity index (χ0n) is 12.1. The molecule has 0 spiro atoms. The molecule has 1 aliphatic heterocycles. The van der Waals surface area contributed by atoms with Gasteiger partial charge in [-0.05, 0) is 37.8 Å². The molecule has 1 aliphatic carbocycles. The summed E-state index contributed by atoms with van der Waals surface area (Å²) in [6, 6.07) is 8.98. The quantitative estimate of drug-likeness (QED) is 0.864. The van der Waals surface area contributed by atoms with Crippen molar-refractivity contribution in [1.82, 2.24) is 10.2 Å². The van der Waals surface area contributed by atoms with Gasteiger partial charge in [0.1, 0.15) is 0 Å². The van der Waals surface area contributed by atoms with E-state index in [1.807, 2.05) is 23.1 Å². The van der Waals surface area contributed by atoms with Crippen molar-refractivity contribution in [3.05, 3.63) is 47.0 Å². The summed E-state index contributed by atoms with van der Waals surface area (Å²) in [5.74, 6) is -0.180. The van der Waals surface area contributed by atoms with Crippen molar-refractivity contribution in [2.24, 2.45) is 0 Å². The second-order valence-electron chi connectivity index (χ2n) is 5.64. The second-order valence-corrected chi connectivity index (χ2v) is 5.64. The molecule has 1 saturated heterocycles. The standard InChI is InChI=1S/C17H20N2O2/c20-16(12-18-17(21)15-4-2-1-3-5-15)19-10-8-14(9-11-19)13-6-7-13/h1-5H,6-12H2,(H,18,21). The molecule has 2 aliphatic rings. The van der Waals surface area contributed by atoms with E-state index in [9.17, 15) is 9.59 Å². The summed E-state index contributed by atoms with van der Waals surface area (Å²) in [6.45, 7) is 1.66. The Bertz CT molecular complexity index is 562. The fourth-order valence-electron chi connectivity index (χ4n) is 2.75. The lowest BCUT2D eigenvalue weighted by molar-refractivity contribution is -0.130. The molecule has 0 aromatic heterocycles. The fraction of sp³-hybridized carbons (Fsp3) is 0.412. The Morgan fingerprint density at radius 2 is 1.57 bits per heavy atom. The molecule has 3 rings (SSSR count). The summed E-state index contributed by atoms with van der Waals surface area (Å²) in [5, 5.41) is 2.70. The van der Waals surface area contributed by atoms with Crippen LogP contribution >= 0.6 is 0 Å². The number of nitrogens with one attached hydrogen (secondary N) is 1. The van der Waals surface area contributed by atoms with Gasteiger partial charge in [-0.1, -0.05) is 29.3 Å². The number of carbonyl (C=O) groups excluding carboxylic acids is 2. The molecule has 1 saturated carbocycles. The minimum absolute atomic E-state index is 0.0131. The SMILES string of the molecule is O=C(NCC(=O)N1CCC(=C2CC2)CC1)c1ccccc1. The van der Waals surface area contributed by atoms with Gasteiger partial charge in [0.2, 0.25) is 5.91 Å². The first-order valence-corrected chi connectivity index (χ1v) is 7.55. The number of hydrogen-bond acceptors (Lipinski definition) is 2. The number of piperidine rings is 1. The van der Waals surface area contributed by atoms with Crippen molar-refractivity contribution < 1.29 is 9.59 Å². The molecule has 0 bridgehead atoms. The van der Waals surface area contributed by atoms with Gasteiger partial charge in [0.15, 0.2) is 0 Å². The fourth-order valence-corrected chi connectivity index (χ4v) is 2.75. The van der Waals surface area contributed by atoms with Gasteiger partial charge < -0.3 is 10.2 Å². The van der Waals surface area contributed by atoms with Crippen LogP contribution in [0.2, 0.25) is 0 Å². The summed E-state index contributed by atoms with van der Waals surface area (Å²) < 4.78 is 0. The van der Waals surface area contributed by atoms with Gasteiger partial charge in [-0.25, -0.2) is 0 Å². The molecular formula is C17H20N2O2. The summed E-state index contributed by atoms with van der Waals surface area (Å²) in [6.07, 6.45) is 4.54. The van der Waals surface area contributed by atoms with E-state index in [2.05, 4.69) is 5.32 Å². The highest BCUT2D eigenvalue weighted by Gasteiger charge is 2.24. The Morgan fingerprint density at radius 3 is 2.19 bits per heavy atom. The lowest BCUT2D eigenvalue weighted by Gasteiger charge is -2.28. The van der Waals surface area contributed by atoms with E-state index >= 15 is 0 Å². The van der Waals surface area contributed by atoms with Crippen LogP contribution in [0.4, 0.5) is 0 Å². The van der Waals surface area contributed by atoms with Gasteiger partial charge in [-0.15, -0.1) is 0 Å². The molecular weight excluding hydrogens is 264 g/mol. The van der Waals surface area contributed by atoms with Gasteiger partial charge in [-0.2, -0.15) is 0 Å². The first kappa shape index (κ1) is 13.9. The Balaban J connectivity index is 1.46. The molecule has 0 atom stereocenters. The normalized spacial score (nSPS) is 17.6. The van der Waals surface area contributed by atoms with Crippen molar-refractivity contribution in [1.29, 1.82) is 0 Å². The molecule has 1 heterocycles. The maximum atomic E-state index is 12.1. The van der Waals surface area contributed by atoms with E-state index in [0.29, 0.717) is 5.56 Å². The topological polar surface area (TPSA) is 49.4 Å². The van der Waals surface area contributed by atoms with Crippen molar-refractivity contribution in [2.45, 2.75) is 25.7 Å². The third-order valence-corrected chi connectivity index (χ3v) is 4.16. The van der Waals surface area contributed by atoms with Gasteiger partial charge in [0.05, 0.1) is 6.54 Å². The number of amides is 2. The summed E-state index contributed by atoms with van der Waals surface area (Å²) in [4.78, 5) is 25.9. The number of carbonyl (C=O) groups is 2. The highest BCUT2D eigenvalue weighted by molar-refractivity contribution is 5.96. The summed E-state index contributed by atoms with van der Waals surface area (Å²) in [5.41, 5.74) is 3.76. The summed E-state index contributed by atoms with van der Waals surface area (Å²) in [7, 11) is 0. The predicted octanol–water partition coefficient (Wildman–Crippen LogP) is 2.13. The lowest BCUT2D eigenvalue weighted by atomic mass is 10.0. The molecule has 4 nitrogen and oxygen atoms in total. The maximum Gasteiger partial charge on any atom is 0.251 e. The van der Waals surface area contributed by atoms with Gasteiger partial charge in [0, 0.05) is 18.7 Å². The Hall–Kier alpha value is -2.10. The van der Waals surface area contributed by atoms with Crippen LogP contribution in [-0.2, 0) is 4.79 Å². The van der Waals surface area contributed by atoms with Crippen LogP contribution in [-0.4, -0.2) is 36.3 Å². The van der Waals surface area contributed by atoms with Crippen LogP contribution in [0.5, 0.6) is 0 Å². The number of benzene rings is 1. The summed E-state index contributed by atoms with van der Waals surface area (Å²) >= 11 is 0. The molecule has 0 radical (unpaired) electrons. The van der Waals surface area contributed by atoms with E-state index < -0.39 is 0 Å². The van der Waals surface area contributed by atoms with E-state index in [1.165, 1.54) is 12.8 Å². The number of hydrogen-bond donors (Lipinski definition) is 1. The van der Waals surface area contributed by atoms with Crippen LogP contribution < -0.4 is 5.32 Å². The third-order valence-electron chi connectivity index (χ3n) is 4.16. The van der Waals surface area contributed by atoms with E-state index in [0.717, 1.165) is 25.9 Å². The van der Waals surface area contributed by atoms with Gasteiger partial charge in [0.25, 0.3) is 5.91 Å². The monoisotopic (exact) mass is 284 g/mol. The van der Waals surface area contributed by atoms with Crippen molar-refractivity contribution in [3.8, 4) is 0 Å². The molecule has 2 fully saturated rings. The molecule has 1 N–H and O–H groups in total. The number of nitrogens with zero attached hydrogens (tertiary/aromatic N) is 1. The zero-order chi connectivity index (χ0) is 14.7. The lowest BCUT2D eigenvalue weighted by Crippen LogP contribution is -2.43. The van der Waals surface area contributed by atoms with Crippen molar-refractivity contribution in [2.75, 3.05) is 19.6 Å². The van der Waals surface area contributed by atoms with E-state index in [-0.39, 0.29) is 18.4 Å². The minimum Gasteiger partial charge on any atom is -0.343 e. The first-order chi connectivity index (χ1) is 10.2. The Morgan fingerprint density at radius 1 is 0.952 bits per heavy atom. The molecule has 4 heteroatoms. The maximum absolute atomic E-state index is 12.1. The molecule has 2 amide bonds. The molecule has 110 valence electrons. The average molecular weight is 284 g/mol. The van der Waals surface area contributed by atoms with Crippen LogP contribution in [0.15, 0.2) is 41.5 Å². The van der Waals surface area contributed by atoms with E-state index in [4.69, 9.17) is 0 Å². The zero-order valence-corrected chi connectivity index (χ0v) is 12.1. The Kier molecular flexibility index (Phi) is 4.04. The minimum atomic E-state index is -0.193. The molecule has 1 aromatic carbocycles. The van der Waals surface area contributed by atoms with Crippen LogP contribution in [0.25, 0.3) is 0 Å². The largest absolute Gasteiger partial charge is 0.343 e. The molecule has 1 aromatic rings. The smallest absolute Gasteiger partial charge is 0.251 e. The average Bonchev–Trinajstić information content (AvgIpc) is 3.38. The number of likely N-dealkylation sites (tertiary alicyclic amines) is 1. The predicted molar refractivity (Wildman–Crippen MR) is 80.8 cm³/mol. The van der Waals surface area contributed by atoms with Gasteiger partial charge in [-0.3, -0.25) is 9.59 Å². The second kappa shape index (κ2) is 6.12. The molecule has 0 unspecified atom stereocenters. The number of allylic oxidation sites excluding steroid dienone is 1.